The fraction of sp³-hybridized carbons (Fsp3) is 0.800. The van der Waals surface area contributed by atoms with E-state index >= 15 is 0 Å². The highest BCUT2D eigenvalue weighted by Gasteiger charge is 2.27. The first kappa shape index (κ1) is 11.1. The lowest BCUT2D eigenvalue weighted by Gasteiger charge is -2.05. The molecule has 0 bridgehead atoms. The van der Waals surface area contributed by atoms with Gasteiger partial charge in [-0.1, -0.05) is 5.10 Å². The van der Waals surface area contributed by atoms with Gasteiger partial charge >= 0.3 is 5.51 Å². The van der Waals surface area contributed by atoms with Gasteiger partial charge in [0, 0.05) is 19.3 Å². The number of nitrogens with one attached hydrogen (secondary N) is 1. The van der Waals surface area contributed by atoms with E-state index in [2.05, 4.69) is 20.8 Å². The van der Waals surface area contributed by atoms with Crippen molar-refractivity contribution in [2.24, 2.45) is 7.05 Å². The van der Waals surface area contributed by atoms with Crippen molar-refractivity contribution in [3.63, 3.8) is 0 Å². The molecular formula is C5H8F3N5S. The van der Waals surface area contributed by atoms with Crippen molar-refractivity contribution in [1.29, 1.82) is 0 Å². The highest BCUT2D eigenvalue weighted by molar-refractivity contribution is 8.00. The molecule has 0 fully saturated rings. The van der Waals surface area contributed by atoms with Crippen LogP contribution in [0, 0.1) is 0 Å². The van der Waals surface area contributed by atoms with E-state index < -0.39 is 5.51 Å². The molecule has 1 rings (SSSR count). The minimum atomic E-state index is -4.18. The number of alkyl halides is 3. The molecule has 1 aromatic heterocycles. The van der Waals surface area contributed by atoms with Crippen molar-refractivity contribution in [1.82, 2.24) is 20.2 Å². The van der Waals surface area contributed by atoms with Crippen LogP contribution < -0.4 is 5.32 Å². The Balaban J connectivity index is 2.20. The van der Waals surface area contributed by atoms with Gasteiger partial charge in [-0.05, 0) is 22.2 Å². The zero-order valence-electron chi connectivity index (χ0n) is 7.25. The van der Waals surface area contributed by atoms with E-state index in [1.54, 1.807) is 7.05 Å². The first-order valence-corrected chi connectivity index (χ1v) is 4.64. The smallest absolute Gasteiger partial charge is 0.352 e. The van der Waals surface area contributed by atoms with E-state index in [1.807, 2.05) is 0 Å². The third-order valence-electron chi connectivity index (χ3n) is 1.27. The van der Waals surface area contributed by atoms with Gasteiger partial charge in [0.15, 0.2) is 0 Å². The van der Waals surface area contributed by atoms with E-state index in [0.717, 1.165) is 0 Å². The van der Waals surface area contributed by atoms with E-state index in [4.69, 9.17) is 0 Å². The average Bonchev–Trinajstić information content (AvgIpc) is 2.44. The summed E-state index contributed by atoms with van der Waals surface area (Å²) < 4.78 is 36.4. The molecule has 1 aromatic rings. The number of aryl methyl sites for hydroxylation is 1. The summed E-state index contributed by atoms with van der Waals surface area (Å²) in [5.41, 5.74) is -4.18. The Kier molecular flexibility index (Phi) is 3.55. The maximum atomic E-state index is 11.7. The van der Waals surface area contributed by atoms with Gasteiger partial charge < -0.3 is 5.32 Å². The van der Waals surface area contributed by atoms with Gasteiger partial charge in [-0.3, -0.25) is 0 Å². The Hall–Kier alpha value is -0.990. The lowest BCUT2D eigenvalue weighted by molar-refractivity contribution is -0.0327. The van der Waals surface area contributed by atoms with Crippen LogP contribution in [-0.2, 0) is 7.05 Å². The normalized spacial score (nSPS) is 11.7. The Morgan fingerprint density at radius 3 is 2.71 bits per heavy atom. The molecule has 1 N–H and O–H groups in total. The van der Waals surface area contributed by atoms with Crippen LogP contribution in [0.2, 0.25) is 0 Å². The molecule has 5 nitrogen and oxygen atoms in total. The van der Waals surface area contributed by atoms with E-state index in [-0.39, 0.29) is 24.1 Å². The molecular weight excluding hydrogens is 219 g/mol. The van der Waals surface area contributed by atoms with Gasteiger partial charge in [0.1, 0.15) is 0 Å². The van der Waals surface area contributed by atoms with E-state index in [9.17, 15) is 13.2 Å². The molecule has 0 unspecified atom stereocenters. The molecule has 0 saturated heterocycles. The molecule has 0 saturated carbocycles. The van der Waals surface area contributed by atoms with Crippen molar-refractivity contribution in [3.05, 3.63) is 0 Å². The summed E-state index contributed by atoms with van der Waals surface area (Å²) in [6.07, 6.45) is 0. The zero-order chi connectivity index (χ0) is 10.6. The molecule has 0 aliphatic carbocycles. The number of nitrogens with zero attached hydrogens (tertiary/aromatic N) is 4. The third kappa shape index (κ3) is 3.81. The highest BCUT2D eigenvalue weighted by atomic mass is 32.2. The summed E-state index contributed by atoms with van der Waals surface area (Å²) in [6, 6.07) is 0. The number of anilines is 1. The summed E-state index contributed by atoms with van der Waals surface area (Å²) in [7, 11) is 1.60. The van der Waals surface area contributed by atoms with Crippen LogP contribution in [0.4, 0.5) is 19.1 Å². The lowest BCUT2D eigenvalue weighted by atomic mass is 10.7. The predicted octanol–water partition coefficient (Wildman–Crippen LogP) is 0.875. The van der Waals surface area contributed by atoms with Crippen molar-refractivity contribution < 1.29 is 13.2 Å². The Labute approximate surface area is 82.0 Å². The largest absolute Gasteiger partial charge is 0.441 e. The van der Waals surface area contributed by atoms with Crippen LogP contribution in [0.25, 0.3) is 0 Å². The summed E-state index contributed by atoms with van der Waals surface area (Å²) in [4.78, 5) is 0. The number of tetrazole rings is 1. The maximum Gasteiger partial charge on any atom is 0.441 e. The number of thioether (sulfide) groups is 1. The molecule has 9 heteroatoms. The van der Waals surface area contributed by atoms with Crippen LogP contribution in [0.15, 0.2) is 0 Å². The van der Waals surface area contributed by atoms with E-state index in [1.165, 1.54) is 4.68 Å². The topological polar surface area (TPSA) is 55.6 Å². The lowest BCUT2D eigenvalue weighted by Crippen LogP contribution is -2.12. The van der Waals surface area contributed by atoms with Gasteiger partial charge in [0.2, 0.25) is 5.95 Å². The van der Waals surface area contributed by atoms with Crippen molar-refractivity contribution in [2.75, 3.05) is 17.6 Å². The Bertz CT molecular complexity index is 285. The van der Waals surface area contributed by atoms with Crippen LogP contribution in [0.1, 0.15) is 0 Å². The van der Waals surface area contributed by atoms with Crippen LogP contribution >= 0.6 is 11.8 Å². The fourth-order valence-corrected chi connectivity index (χ4v) is 1.14. The molecule has 14 heavy (non-hydrogen) atoms. The predicted molar refractivity (Wildman–Crippen MR) is 45.8 cm³/mol. The molecule has 0 amide bonds. The Morgan fingerprint density at radius 1 is 1.50 bits per heavy atom. The van der Waals surface area contributed by atoms with Gasteiger partial charge in [0.05, 0.1) is 0 Å². The van der Waals surface area contributed by atoms with Crippen LogP contribution in [0.5, 0.6) is 0 Å². The second-order valence-corrected chi connectivity index (χ2v) is 3.51. The molecule has 0 spiro atoms. The van der Waals surface area contributed by atoms with Gasteiger partial charge in [-0.2, -0.15) is 13.2 Å². The summed E-state index contributed by atoms with van der Waals surface area (Å²) in [5.74, 6) is 0.281. The monoisotopic (exact) mass is 227 g/mol. The van der Waals surface area contributed by atoms with Crippen LogP contribution in [-0.4, -0.2) is 38.0 Å². The molecule has 0 atom stereocenters. The second kappa shape index (κ2) is 4.49. The summed E-state index contributed by atoms with van der Waals surface area (Å²) >= 11 is -0.0791. The Morgan fingerprint density at radius 2 is 2.21 bits per heavy atom. The number of rotatable bonds is 4. The highest BCUT2D eigenvalue weighted by Crippen LogP contribution is 2.29. The average molecular weight is 227 g/mol. The molecule has 0 aliphatic rings. The minimum absolute atomic E-state index is 0.0731. The van der Waals surface area contributed by atoms with Gasteiger partial charge in [-0.15, -0.1) is 0 Å². The summed E-state index contributed by atoms with van der Waals surface area (Å²) in [5, 5.41) is 13.1. The number of halogens is 3. The van der Waals surface area contributed by atoms with Crippen LogP contribution in [0.3, 0.4) is 0 Å². The van der Waals surface area contributed by atoms with Crippen molar-refractivity contribution in [2.45, 2.75) is 5.51 Å². The zero-order valence-corrected chi connectivity index (χ0v) is 8.06. The van der Waals surface area contributed by atoms with Crippen molar-refractivity contribution in [3.8, 4) is 0 Å². The van der Waals surface area contributed by atoms with E-state index in [0.29, 0.717) is 5.95 Å². The number of hydrogen-bond donors (Lipinski definition) is 1. The SMILES string of the molecule is Cn1nnnc1NCCSC(F)(F)F. The van der Waals surface area contributed by atoms with Crippen molar-refractivity contribution >= 4 is 17.7 Å². The number of aromatic nitrogens is 4. The molecule has 80 valence electrons. The summed E-state index contributed by atoms with van der Waals surface area (Å²) in [6.45, 7) is 0.165. The van der Waals surface area contributed by atoms with Gasteiger partial charge in [0.25, 0.3) is 0 Å². The minimum Gasteiger partial charge on any atom is -0.352 e. The fourth-order valence-electron chi connectivity index (χ4n) is 0.709. The molecule has 0 aromatic carbocycles. The molecule has 0 aliphatic heterocycles. The first-order valence-electron chi connectivity index (χ1n) is 3.66. The quantitative estimate of drug-likeness (QED) is 0.774. The molecule has 1 heterocycles. The first-order chi connectivity index (χ1) is 6.49. The molecule has 0 radical (unpaired) electrons. The maximum absolute atomic E-state index is 11.7. The number of hydrogen-bond acceptors (Lipinski definition) is 5. The third-order valence-corrected chi connectivity index (χ3v) is 2.01. The second-order valence-electron chi connectivity index (χ2n) is 2.35. The standard InChI is InChI=1S/C5H8F3N5S/c1-13-4(10-11-12-13)9-2-3-14-5(6,7)8/h2-3H2,1H3,(H,9,10,12). The van der Waals surface area contributed by atoms with Gasteiger partial charge in [-0.25, -0.2) is 4.68 Å².